The Morgan fingerprint density at radius 1 is 1.25 bits per heavy atom. The Kier molecular flexibility index (Phi) is 5.74. The fourth-order valence-corrected chi connectivity index (χ4v) is 2.90. The van der Waals surface area contributed by atoms with Gasteiger partial charge in [0.05, 0.1) is 5.75 Å². The van der Waals surface area contributed by atoms with Crippen LogP contribution in [0.3, 0.4) is 0 Å². The van der Waals surface area contributed by atoms with E-state index in [2.05, 4.69) is 32.4 Å². The molecule has 0 aliphatic carbocycles. The summed E-state index contributed by atoms with van der Waals surface area (Å²) in [5.74, 6) is 0.269. The van der Waals surface area contributed by atoms with Gasteiger partial charge in [-0.3, -0.25) is 0 Å². The SMILES string of the molecule is CC(CNS(=O)(=O)Cc1cccc(CN)c1)C(C)(C)C. The summed E-state index contributed by atoms with van der Waals surface area (Å²) in [5, 5.41) is 0. The molecule has 20 heavy (non-hydrogen) atoms. The van der Waals surface area contributed by atoms with Gasteiger partial charge in [0.1, 0.15) is 0 Å². The maximum Gasteiger partial charge on any atom is 0.215 e. The number of benzene rings is 1. The van der Waals surface area contributed by atoms with Crippen LogP contribution in [0.1, 0.15) is 38.8 Å². The summed E-state index contributed by atoms with van der Waals surface area (Å²) >= 11 is 0. The van der Waals surface area contributed by atoms with Crippen LogP contribution >= 0.6 is 0 Å². The Labute approximate surface area is 122 Å². The van der Waals surface area contributed by atoms with Gasteiger partial charge in [-0.25, -0.2) is 13.1 Å². The smallest absolute Gasteiger partial charge is 0.215 e. The first kappa shape index (κ1) is 17.1. The molecule has 0 aliphatic heterocycles. The van der Waals surface area contributed by atoms with Crippen LogP contribution in [0.15, 0.2) is 24.3 Å². The molecule has 4 nitrogen and oxygen atoms in total. The van der Waals surface area contributed by atoms with E-state index in [1.54, 1.807) is 0 Å². The molecule has 0 radical (unpaired) electrons. The summed E-state index contributed by atoms with van der Waals surface area (Å²) in [4.78, 5) is 0. The van der Waals surface area contributed by atoms with Gasteiger partial charge in [-0.15, -0.1) is 0 Å². The third-order valence-electron chi connectivity index (χ3n) is 3.67. The number of rotatable bonds is 6. The highest BCUT2D eigenvalue weighted by atomic mass is 32.2. The van der Waals surface area contributed by atoms with Gasteiger partial charge in [-0.2, -0.15) is 0 Å². The molecule has 0 aromatic heterocycles. The van der Waals surface area contributed by atoms with Crippen LogP contribution in [0.25, 0.3) is 0 Å². The predicted octanol–water partition coefficient (Wildman–Crippen LogP) is 2.25. The van der Waals surface area contributed by atoms with E-state index in [0.717, 1.165) is 11.1 Å². The first-order valence-electron chi connectivity index (χ1n) is 6.89. The summed E-state index contributed by atoms with van der Waals surface area (Å²) in [6.45, 7) is 9.26. The van der Waals surface area contributed by atoms with E-state index in [0.29, 0.717) is 13.1 Å². The van der Waals surface area contributed by atoms with Crippen molar-refractivity contribution < 1.29 is 8.42 Å². The van der Waals surface area contributed by atoms with Crippen LogP contribution in [0, 0.1) is 11.3 Å². The van der Waals surface area contributed by atoms with Crippen molar-refractivity contribution in [3.05, 3.63) is 35.4 Å². The summed E-state index contributed by atoms with van der Waals surface area (Å²) in [7, 11) is -3.31. The van der Waals surface area contributed by atoms with Crippen LogP contribution in [0.2, 0.25) is 0 Å². The highest BCUT2D eigenvalue weighted by molar-refractivity contribution is 7.88. The van der Waals surface area contributed by atoms with E-state index in [4.69, 9.17) is 5.73 Å². The minimum Gasteiger partial charge on any atom is -0.326 e. The third kappa shape index (κ3) is 5.61. The van der Waals surface area contributed by atoms with Crippen molar-refractivity contribution in [2.75, 3.05) is 6.54 Å². The van der Waals surface area contributed by atoms with Crippen molar-refractivity contribution in [1.82, 2.24) is 4.72 Å². The van der Waals surface area contributed by atoms with Crippen molar-refractivity contribution in [1.29, 1.82) is 0 Å². The van der Waals surface area contributed by atoms with Gasteiger partial charge < -0.3 is 5.73 Å². The summed E-state index contributed by atoms with van der Waals surface area (Å²) in [5.41, 5.74) is 7.36. The van der Waals surface area contributed by atoms with Crippen molar-refractivity contribution in [2.24, 2.45) is 17.1 Å². The molecule has 1 aromatic carbocycles. The first-order valence-corrected chi connectivity index (χ1v) is 8.54. The van der Waals surface area contributed by atoms with Gasteiger partial charge in [-0.1, -0.05) is 52.0 Å². The Bertz CT molecular complexity index is 533. The van der Waals surface area contributed by atoms with Crippen LogP contribution in [0.4, 0.5) is 0 Å². The van der Waals surface area contributed by atoms with Gasteiger partial charge in [-0.05, 0) is 22.5 Å². The molecule has 0 fully saturated rings. The molecule has 5 heteroatoms. The molecular weight excluding hydrogens is 272 g/mol. The maximum atomic E-state index is 12.1. The first-order chi connectivity index (χ1) is 9.14. The van der Waals surface area contributed by atoms with Gasteiger partial charge in [0.15, 0.2) is 0 Å². The number of hydrogen-bond donors (Lipinski definition) is 2. The largest absolute Gasteiger partial charge is 0.326 e. The minimum absolute atomic E-state index is 0.00228. The van der Waals surface area contributed by atoms with E-state index in [1.165, 1.54) is 0 Å². The highest BCUT2D eigenvalue weighted by Crippen LogP contribution is 2.24. The zero-order chi connectivity index (χ0) is 15.4. The van der Waals surface area contributed by atoms with Gasteiger partial charge >= 0.3 is 0 Å². The lowest BCUT2D eigenvalue weighted by molar-refractivity contribution is 0.263. The Morgan fingerprint density at radius 3 is 2.40 bits per heavy atom. The molecule has 0 saturated carbocycles. The summed E-state index contributed by atoms with van der Waals surface area (Å²) in [6.07, 6.45) is 0. The average molecular weight is 298 g/mol. The standard InChI is InChI=1S/C15H26N2O2S/c1-12(15(2,3)4)10-17-20(18,19)11-14-7-5-6-13(8-14)9-16/h5-8,12,17H,9-11,16H2,1-4H3. The van der Waals surface area contributed by atoms with Gasteiger partial charge in [0.25, 0.3) is 0 Å². The zero-order valence-corrected chi connectivity index (χ0v) is 13.6. The van der Waals surface area contributed by atoms with E-state index in [1.807, 2.05) is 24.3 Å². The lowest BCUT2D eigenvalue weighted by atomic mass is 9.82. The Hall–Kier alpha value is -0.910. The van der Waals surface area contributed by atoms with Crippen LogP contribution in [0.5, 0.6) is 0 Å². The molecule has 1 unspecified atom stereocenters. The third-order valence-corrected chi connectivity index (χ3v) is 4.99. The number of sulfonamides is 1. The molecule has 0 bridgehead atoms. The van der Waals surface area contributed by atoms with Crippen molar-refractivity contribution >= 4 is 10.0 Å². The maximum absolute atomic E-state index is 12.1. The lowest BCUT2D eigenvalue weighted by Gasteiger charge is -2.27. The fraction of sp³-hybridized carbons (Fsp3) is 0.600. The van der Waals surface area contributed by atoms with Crippen molar-refractivity contribution in [2.45, 2.75) is 40.0 Å². The molecule has 0 aliphatic rings. The monoisotopic (exact) mass is 298 g/mol. The molecule has 1 rings (SSSR count). The average Bonchev–Trinajstić information content (AvgIpc) is 2.34. The lowest BCUT2D eigenvalue weighted by Crippen LogP contribution is -2.34. The number of nitrogens with one attached hydrogen (secondary N) is 1. The topological polar surface area (TPSA) is 72.2 Å². The van der Waals surface area contributed by atoms with Crippen molar-refractivity contribution in [3.8, 4) is 0 Å². The normalized spacial score (nSPS) is 14.2. The molecule has 0 saturated heterocycles. The molecular formula is C15H26N2O2S. The second-order valence-electron chi connectivity index (χ2n) is 6.40. The minimum atomic E-state index is -3.31. The fourth-order valence-electron chi connectivity index (χ4n) is 1.68. The Balaban J connectivity index is 2.66. The summed E-state index contributed by atoms with van der Waals surface area (Å²) < 4.78 is 26.9. The van der Waals surface area contributed by atoms with E-state index < -0.39 is 10.0 Å². The molecule has 114 valence electrons. The van der Waals surface area contributed by atoms with Crippen LogP contribution < -0.4 is 10.5 Å². The molecule has 0 heterocycles. The van der Waals surface area contributed by atoms with Crippen molar-refractivity contribution in [3.63, 3.8) is 0 Å². The predicted molar refractivity (Wildman–Crippen MR) is 83.6 cm³/mol. The Morgan fingerprint density at radius 2 is 1.85 bits per heavy atom. The number of hydrogen-bond acceptors (Lipinski definition) is 3. The molecule has 1 aromatic rings. The second kappa shape index (κ2) is 6.70. The molecule has 3 N–H and O–H groups in total. The summed E-state index contributed by atoms with van der Waals surface area (Å²) in [6, 6.07) is 7.38. The molecule has 0 amide bonds. The van der Waals surface area contributed by atoms with Crippen LogP contribution in [-0.2, 0) is 22.3 Å². The quantitative estimate of drug-likeness (QED) is 0.846. The van der Waals surface area contributed by atoms with Crippen LogP contribution in [-0.4, -0.2) is 15.0 Å². The number of nitrogens with two attached hydrogens (primary N) is 1. The molecule has 1 atom stereocenters. The molecule has 0 spiro atoms. The van der Waals surface area contributed by atoms with E-state index >= 15 is 0 Å². The van der Waals surface area contributed by atoms with Gasteiger partial charge in [0.2, 0.25) is 10.0 Å². The second-order valence-corrected chi connectivity index (χ2v) is 8.21. The zero-order valence-electron chi connectivity index (χ0n) is 12.8. The van der Waals surface area contributed by atoms with Gasteiger partial charge in [0, 0.05) is 13.1 Å². The van der Waals surface area contributed by atoms with E-state index in [9.17, 15) is 8.42 Å². The van der Waals surface area contributed by atoms with E-state index in [-0.39, 0.29) is 17.1 Å². The highest BCUT2D eigenvalue weighted by Gasteiger charge is 2.22.